The lowest BCUT2D eigenvalue weighted by Gasteiger charge is -2.12. The number of anilines is 1. The smallest absolute Gasteiger partial charge is 0.234 e. The highest BCUT2D eigenvalue weighted by atomic mass is 32.2. The minimum Gasteiger partial charge on any atom is -0.325 e. The third-order valence-electron chi connectivity index (χ3n) is 3.66. The van der Waals surface area contributed by atoms with Gasteiger partial charge in [0, 0.05) is 10.6 Å². The molecule has 0 spiro atoms. The maximum absolute atomic E-state index is 12.3. The van der Waals surface area contributed by atoms with E-state index in [9.17, 15) is 4.79 Å². The first-order chi connectivity index (χ1) is 12.0. The van der Waals surface area contributed by atoms with Crippen LogP contribution in [-0.2, 0) is 11.3 Å². The Morgan fingerprint density at radius 3 is 2.72 bits per heavy atom. The summed E-state index contributed by atoms with van der Waals surface area (Å²) >= 11 is 2.99. The molecule has 2 aromatic heterocycles. The van der Waals surface area contributed by atoms with Crippen LogP contribution in [0.25, 0.3) is 0 Å². The van der Waals surface area contributed by atoms with Crippen molar-refractivity contribution in [3.8, 4) is 0 Å². The number of benzene rings is 1. The SMILES string of the molecule is Cc1cc(C)c(NC(=O)CSc2nnnn2Cc2cccs2)c(C)c1. The van der Waals surface area contributed by atoms with Crippen LogP contribution in [0.15, 0.2) is 34.8 Å². The number of rotatable bonds is 6. The number of thioether (sulfide) groups is 1. The molecule has 0 aliphatic carbocycles. The summed E-state index contributed by atoms with van der Waals surface area (Å²) in [4.78, 5) is 13.5. The highest BCUT2D eigenvalue weighted by Crippen LogP contribution is 2.23. The van der Waals surface area contributed by atoms with Gasteiger partial charge in [0.05, 0.1) is 12.3 Å². The van der Waals surface area contributed by atoms with Crippen LogP contribution in [0.3, 0.4) is 0 Å². The molecule has 1 N–H and O–H groups in total. The van der Waals surface area contributed by atoms with E-state index in [1.54, 1.807) is 16.0 Å². The zero-order valence-corrected chi connectivity index (χ0v) is 15.9. The van der Waals surface area contributed by atoms with Crippen molar-refractivity contribution < 1.29 is 4.79 Å². The van der Waals surface area contributed by atoms with Crippen molar-refractivity contribution in [3.05, 3.63) is 51.2 Å². The molecule has 0 fully saturated rings. The zero-order chi connectivity index (χ0) is 17.8. The third kappa shape index (κ3) is 4.46. The number of aryl methyl sites for hydroxylation is 3. The van der Waals surface area contributed by atoms with Gasteiger partial charge < -0.3 is 5.32 Å². The van der Waals surface area contributed by atoms with Crippen LogP contribution < -0.4 is 5.32 Å². The summed E-state index contributed by atoms with van der Waals surface area (Å²) in [5.41, 5.74) is 4.21. The summed E-state index contributed by atoms with van der Waals surface area (Å²) in [6.07, 6.45) is 0. The first kappa shape index (κ1) is 17.6. The molecule has 130 valence electrons. The van der Waals surface area contributed by atoms with E-state index >= 15 is 0 Å². The van der Waals surface area contributed by atoms with Gasteiger partial charge in [-0.2, -0.15) is 0 Å². The largest absolute Gasteiger partial charge is 0.325 e. The van der Waals surface area contributed by atoms with E-state index < -0.39 is 0 Å². The maximum atomic E-state index is 12.3. The molecular weight excluding hydrogens is 354 g/mol. The van der Waals surface area contributed by atoms with Crippen LogP contribution in [0.5, 0.6) is 0 Å². The first-order valence-corrected chi connectivity index (χ1v) is 9.68. The Morgan fingerprint density at radius 2 is 2.04 bits per heavy atom. The molecule has 0 saturated heterocycles. The molecule has 8 heteroatoms. The van der Waals surface area contributed by atoms with Crippen molar-refractivity contribution in [2.24, 2.45) is 0 Å². The molecule has 0 radical (unpaired) electrons. The summed E-state index contributed by atoms with van der Waals surface area (Å²) in [5.74, 6) is 0.197. The van der Waals surface area contributed by atoms with Crippen molar-refractivity contribution in [1.29, 1.82) is 0 Å². The number of hydrogen-bond acceptors (Lipinski definition) is 6. The van der Waals surface area contributed by atoms with E-state index in [1.807, 2.05) is 31.4 Å². The molecule has 0 aliphatic rings. The molecule has 1 amide bonds. The molecular formula is C17H19N5OS2. The molecule has 6 nitrogen and oxygen atoms in total. The Kier molecular flexibility index (Phi) is 5.50. The second-order valence-electron chi connectivity index (χ2n) is 5.81. The third-order valence-corrected chi connectivity index (χ3v) is 5.48. The maximum Gasteiger partial charge on any atom is 0.234 e. The van der Waals surface area contributed by atoms with Crippen molar-refractivity contribution in [2.75, 3.05) is 11.1 Å². The summed E-state index contributed by atoms with van der Waals surface area (Å²) in [5, 5.41) is 17.4. The second-order valence-corrected chi connectivity index (χ2v) is 7.78. The van der Waals surface area contributed by atoms with Crippen LogP contribution in [0.4, 0.5) is 5.69 Å². The molecule has 1 aromatic carbocycles. The number of tetrazole rings is 1. The number of aromatic nitrogens is 4. The molecule has 0 bridgehead atoms. The van der Waals surface area contributed by atoms with E-state index in [0.717, 1.165) is 16.8 Å². The quantitative estimate of drug-likeness (QED) is 0.670. The van der Waals surface area contributed by atoms with Crippen molar-refractivity contribution >= 4 is 34.7 Å². The molecule has 0 saturated carbocycles. The van der Waals surface area contributed by atoms with Gasteiger partial charge in [-0.05, 0) is 53.8 Å². The lowest BCUT2D eigenvalue weighted by molar-refractivity contribution is -0.113. The number of thiophene rings is 1. The minimum atomic E-state index is -0.0641. The van der Waals surface area contributed by atoms with E-state index in [2.05, 4.69) is 39.9 Å². The van der Waals surface area contributed by atoms with Crippen LogP contribution in [-0.4, -0.2) is 31.9 Å². The fourth-order valence-corrected chi connectivity index (χ4v) is 3.99. The predicted octanol–water partition coefficient (Wildman–Crippen LogP) is 3.44. The fraction of sp³-hybridized carbons (Fsp3) is 0.294. The average Bonchev–Trinajstić information content (AvgIpc) is 3.21. The number of hydrogen-bond donors (Lipinski definition) is 1. The van der Waals surface area contributed by atoms with Gasteiger partial charge in [-0.1, -0.05) is 35.5 Å². The lowest BCUT2D eigenvalue weighted by Crippen LogP contribution is -2.16. The van der Waals surface area contributed by atoms with Gasteiger partial charge in [0.1, 0.15) is 0 Å². The number of carbonyl (C=O) groups excluding carboxylic acids is 1. The van der Waals surface area contributed by atoms with Crippen LogP contribution >= 0.6 is 23.1 Å². The van der Waals surface area contributed by atoms with Crippen LogP contribution in [0.2, 0.25) is 0 Å². The molecule has 2 heterocycles. The van der Waals surface area contributed by atoms with Gasteiger partial charge in [0.2, 0.25) is 11.1 Å². The second kappa shape index (κ2) is 7.79. The molecule has 25 heavy (non-hydrogen) atoms. The van der Waals surface area contributed by atoms with Crippen molar-refractivity contribution in [2.45, 2.75) is 32.5 Å². The number of amides is 1. The summed E-state index contributed by atoms with van der Waals surface area (Å²) < 4.78 is 1.71. The lowest BCUT2D eigenvalue weighted by atomic mass is 10.1. The molecule has 3 rings (SSSR count). The Morgan fingerprint density at radius 1 is 1.28 bits per heavy atom. The topological polar surface area (TPSA) is 72.7 Å². The van der Waals surface area contributed by atoms with E-state index in [0.29, 0.717) is 11.7 Å². The minimum absolute atomic E-state index is 0.0641. The molecule has 0 unspecified atom stereocenters. The van der Waals surface area contributed by atoms with Gasteiger partial charge in [-0.3, -0.25) is 4.79 Å². The fourth-order valence-electron chi connectivity index (χ4n) is 2.63. The standard InChI is InChI=1S/C17H19N5OS2/c1-11-7-12(2)16(13(3)8-11)18-15(23)10-25-17-19-20-21-22(17)9-14-5-4-6-24-14/h4-8H,9-10H2,1-3H3,(H,18,23). The van der Waals surface area contributed by atoms with Gasteiger partial charge in [0.25, 0.3) is 0 Å². The Bertz CT molecular complexity index is 850. The van der Waals surface area contributed by atoms with Crippen molar-refractivity contribution in [3.63, 3.8) is 0 Å². The number of carbonyl (C=O) groups is 1. The van der Waals surface area contributed by atoms with E-state index in [1.165, 1.54) is 22.2 Å². The van der Waals surface area contributed by atoms with Gasteiger partial charge in [-0.25, -0.2) is 4.68 Å². The normalized spacial score (nSPS) is 10.8. The first-order valence-electron chi connectivity index (χ1n) is 7.82. The molecule has 0 aliphatic heterocycles. The summed E-state index contributed by atoms with van der Waals surface area (Å²) in [6, 6.07) is 8.17. The van der Waals surface area contributed by atoms with Crippen LogP contribution in [0, 0.1) is 20.8 Å². The molecule has 0 atom stereocenters. The summed E-state index contributed by atoms with van der Waals surface area (Å²) in [7, 11) is 0. The monoisotopic (exact) mass is 373 g/mol. The summed E-state index contributed by atoms with van der Waals surface area (Å²) in [6.45, 7) is 6.67. The van der Waals surface area contributed by atoms with Crippen LogP contribution in [0.1, 0.15) is 21.6 Å². The van der Waals surface area contributed by atoms with Gasteiger partial charge in [-0.15, -0.1) is 16.4 Å². The zero-order valence-electron chi connectivity index (χ0n) is 14.3. The van der Waals surface area contributed by atoms with E-state index in [4.69, 9.17) is 0 Å². The van der Waals surface area contributed by atoms with Gasteiger partial charge >= 0.3 is 0 Å². The Balaban J connectivity index is 1.61. The Labute approximate surface area is 154 Å². The molecule has 3 aromatic rings. The average molecular weight is 374 g/mol. The predicted molar refractivity (Wildman–Crippen MR) is 101 cm³/mol. The number of nitrogens with zero attached hydrogens (tertiary/aromatic N) is 4. The number of nitrogens with one attached hydrogen (secondary N) is 1. The Hall–Kier alpha value is -2.19. The van der Waals surface area contributed by atoms with Gasteiger partial charge in [0.15, 0.2) is 0 Å². The highest BCUT2D eigenvalue weighted by molar-refractivity contribution is 7.99. The van der Waals surface area contributed by atoms with E-state index in [-0.39, 0.29) is 11.7 Å². The van der Waals surface area contributed by atoms with Crippen molar-refractivity contribution in [1.82, 2.24) is 20.2 Å². The highest BCUT2D eigenvalue weighted by Gasteiger charge is 2.13.